The van der Waals surface area contributed by atoms with Crippen LogP contribution in [0.3, 0.4) is 0 Å². The lowest BCUT2D eigenvalue weighted by atomic mass is 9.94. The number of nitrogens with zero attached hydrogens (tertiary/aromatic N) is 1. The van der Waals surface area contributed by atoms with E-state index in [2.05, 4.69) is 36.2 Å². The molecule has 0 saturated carbocycles. The molecule has 0 spiro atoms. The molecule has 0 aliphatic carbocycles. The fraction of sp³-hybridized carbons (Fsp3) is 0.346. The first kappa shape index (κ1) is 23.3. The van der Waals surface area contributed by atoms with Gasteiger partial charge in [-0.15, -0.1) is 11.3 Å². The van der Waals surface area contributed by atoms with Crippen LogP contribution in [0.2, 0.25) is 0 Å². The Balaban J connectivity index is 1.74. The molecule has 174 valence electrons. The van der Waals surface area contributed by atoms with Crippen molar-refractivity contribution in [2.45, 2.75) is 19.9 Å². The molecular weight excluding hydrogens is 436 g/mol. The summed E-state index contributed by atoms with van der Waals surface area (Å²) in [4.78, 5) is 16.7. The van der Waals surface area contributed by atoms with Crippen LogP contribution in [0.25, 0.3) is 0 Å². The third kappa shape index (κ3) is 5.05. The molecule has 1 aliphatic heterocycles. The molecule has 1 N–H and O–H groups in total. The number of ether oxygens (including phenoxy) is 3. The zero-order chi connectivity index (χ0) is 23.4. The summed E-state index contributed by atoms with van der Waals surface area (Å²) in [5.41, 5.74) is 4.06. The number of thiophene rings is 1. The fourth-order valence-electron chi connectivity index (χ4n) is 4.19. The van der Waals surface area contributed by atoms with Crippen LogP contribution in [0, 0.1) is 13.8 Å². The lowest BCUT2D eigenvalue weighted by Crippen LogP contribution is -2.40. The number of hydrogen-bond donors (Lipinski definition) is 1. The van der Waals surface area contributed by atoms with E-state index in [4.69, 9.17) is 14.2 Å². The van der Waals surface area contributed by atoms with E-state index in [9.17, 15) is 4.79 Å². The molecule has 2 aromatic carbocycles. The lowest BCUT2D eigenvalue weighted by molar-refractivity contribution is 0.0240. The maximum atomic E-state index is 13.1. The first-order valence-corrected chi connectivity index (χ1v) is 11.8. The maximum Gasteiger partial charge on any atom is 0.256 e. The average Bonchev–Trinajstić information content (AvgIpc) is 3.13. The summed E-state index contributed by atoms with van der Waals surface area (Å²) >= 11 is 1.62. The molecule has 1 saturated heterocycles. The van der Waals surface area contributed by atoms with Gasteiger partial charge in [0.1, 0.15) is 16.5 Å². The number of amides is 1. The first-order valence-electron chi connectivity index (χ1n) is 11.0. The van der Waals surface area contributed by atoms with Crippen LogP contribution in [0.15, 0.2) is 48.5 Å². The standard InChI is InChI=1S/C26H30N2O4S/c1-17-18(2)33-26(27-25(29)19-8-10-21(30-3)11-9-19)23(17)24(28-12-14-32-15-13-28)20-6-5-7-22(16-20)31-4/h5-11,16,24H,12-15H2,1-4H3,(H,27,29). The van der Waals surface area contributed by atoms with E-state index in [1.807, 2.05) is 12.1 Å². The third-order valence-electron chi connectivity index (χ3n) is 6.10. The largest absolute Gasteiger partial charge is 0.497 e. The van der Waals surface area contributed by atoms with Crippen LogP contribution in [0.5, 0.6) is 11.5 Å². The number of carbonyl (C=O) groups excluding carboxylic acids is 1. The average molecular weight is 467 g/mol. The number of anilines is 1. The van der Waals surface area contributed by atoms with E-state index in [0.29, 0.717) is 18.8 Å². The van der Waals surface area contributed by atoms with Gasteiger partial charge in [-0.25, -0.2) is 0 Å². The Labute approximate surface area is 199 Å². The summed E-state index contributed by atoms with van der Waals surface area (Å²) in [6.45, 7) is 7.27. The smallest absolute Gasteiger partial charge is 0.256 e. The lowest BCUT2D eigenvalue weighted by Gasteiger charge is -2.35. The highest BCUT2D eigenvalue weighted by Gasteiger charge is 2.30. The van der Waals surface area contributed by atoms with Gasteiger partial charge in [0.15, 0.2) is 0 Å². The van der Waals surface area contributed by atoms with Crippen molar-refractivity contribution in [3.8, 4) is 11.5 Å². The van der Waals surface area contributed by atoms with Gasteiger partial charge in [0.25, 0.3) is 5.91 Å². The Morgan fingerprint density at radius 1 is 1.03 bits per heavy atom. The molecule has 0 radical (unpaired) electrons. The van der Waals surface area contributed by atoms with Crippen LogP contribution in [0.1, 0.15) is 38.0 Å². The summed E-state index contributed by atoms with van der Waals surface area (Å²) in [6, 6.07) is 15.3. The zero-order valence-electron chi connectivity index (χ0n) is 19.5. The van der Waals surface area contributed by atoms with E-state index in [1.54, 1.807) is 49.8 Å². The fourth-order valence-corrected chi connectivity index (χ4v) is 5.28. The SMILES string of the molecule is COc1ccc(C(=O)Nc2sc(C)c(C)c2C(c2cccc(OC)c2)N2CCOCC2)cc1. The number of hydrogen-bond acceptors (Lipinski definition) is 6. The molecule has 7 heteroatoms. The van der Waals surface area contributed by atoms with Crippen LogP contribution in [-0.4, -0.2) is 51.3 Å². The quantitative estimate of drug-likeness (QED) is 0.528. The Hall–Kier alpha value is -2.87. The molecule has 1 unspecified atom stereocenters. The predicted molar refractivity (Wildman–Crippen MR) is 132 cm³/mol. The van der Waals surface area contributed by atoms with E-state index in [1.165, 1.54) is 10.4 Å². The summed E-state index contributed by atoms with van der Waals surface area (Å²) < 4.78 is 16.4. The van der Waals surface area contributed by atoms with Gasteiger partial charge in [-0.2, -0.15) is 0 Å². The zero-order valence-corrected chi connectivity index (χ0v) is 20.3. The molecule has 1 aromatic heterocycles. The molecule has 6 nitrogen and oxygen atoms in total. The topological polar surface area (TPSA) is 60.0 Å². The molecule has 1 fully saturated rings. The number of rotatable bonds is 7. The number of aryl methyl sites for hydroxylation is 1. The second-order valence-corrected chi connectivity index (χ2v) is 9.26. The molecule has 1 amide bonds. The Morgan fingerprint density at radius 3 is 2.39 bits per heavy atom. The predicted octanol–water partition coefficient (Wildman–Crippen LogP) is 5.06. The normalized spacial score (nSPS) is 15.2. The van der Waals surface area contributed by atoms with E-state index in [0.717, 1.165) is 40.7 Å². The van der Waals surface area contributed by atoms with Crippen molar-refractivity contribution in [1.29, 1.82) is 0 Å². The summed E-state index contributed by atoms with van der Waals surface area (Å²) in [5, 5.41) is 4.07. The highest BCUT2D eigenvalue weighted by Crippen LogP contribution is 2.43. The molecule has 33 heavy (non-hydrogen) atoms. The second kappa shape index (κ2) is 10.4. The van der Waals surface area contributed by atoms with Crippen molar-refractivity contribution in [1.82, 2.24) is 4.90 Å². The Bertz CT molecular complexity index is 1100. The summed E-state index contributed by atoms with van der Waals surface area (Å²) in [6.07, 6.45) is 0. The second-order valence-electron chi connectivity index (χ2n) is 8.04. The highest BCUT2D eigenvalue weighted by molar-refractivity contribution is 7.16. The monoisotopic (exact) mass is 466 g/mol. The minimum atomic E-state index is -0.133. The highest BCUT2D eigenvalue weighted by atomic mass is 32.1. The van der Waals surface area contributed by atoms with Crippen molar-refractivity contribution < 1.29 is 19.0 Å². The minimum Gasteiger partial charge on any atom is -0.497 e. The van der Waals surface area contributed by atoms with E-state index in [-0.39, 0.29) is 11.9 Å². The molecule has 1 atom stereocenters. The number of methoxy groups -OCH3 is 2. The van der Waals surface area contributed by atoms with Crippen LogP contribution >= 0.6 is 11.3 Å². The molecule has 3 aromatic rings. The van der Waals surface area contributed by atoms with Gasteiger partial charge in [-0.1, -0.05) is 12.1 Å². The van der Waals surface area contributed by atoms with Gasteiger partial charge < -0.3 is 19.5 Å². The summed E-state index contributed by atoms with van der Waals surface area (Å²) in [7, 11) is 3.30. The summed E-state index contributed by atoms with van der Waals surface area (Å²) in [5.74, 6) is 1.41. The van der Waals surface area contributed by atoms with Crippen molar-refractivity contribution in [3.63, 3.8) is 0 Å². The minimum absolute atomic E-state index is 0.0138. The maximum absolute atomic E-state index is 13.1. The van der Waals surface area contributed by atoms with Crippen LogP contribution < -0.4 is 14.8 Å². The van der Waals surface area contributed by atoms with Gasteiger partial charge >= 0.3 is 0 Å². The van der Waals surface area contributed by atoms with Crippen LogP contribution in [-0.2, 0) is 4.74 Å². The first-order chi connectivity index (χ1) is 16.0. The van der Waals surface area contributed by atoms with Gasteiger partial charge in [0.2, 0.25) is 0 Å². The molecule has 4 rings (SSSR count). The number of benzene rings is 2. The van der Waals surface area contributed by atoms with Gasteiger partial charge in [0.05, 0.1) is 33.5 Å². The van der Waals surface area contributed by atoms with Gasteiger partial charge in [0, 0.05) is 29.1 Å². The van der Waals surface area contributed by atoms with Gasteiger partial charge in [-0.05, 0) is 61.4 Å². The number of carbonyl (C=O) groups is 1. The van der Waals surface area contributed by atoms with Crippen molar-refractivity contribution >= 4 is 22.2 Å². The van der Waals surface area contributed by atoms with E-state index >= 15 is 0 Å². The molecule has 0 bridgehead atoms. The van der Waals surface area contributed by atoms with Crippen LogP contribution in [0.4, 0.5) is 5.00 Å². The number of morpholine rings is 1. The molecular formula is C26H30N2O4S. The molecule has 1 aliphatic rings. The van der Waals surface area contributed by atoms with Crippen molar-refractivity contribution in [2.75, 3.05) is 45.8 Å². The Morgan fingerprint density at radius 2 is 1.73 bits per heavy atom. The Kier molecular flexibility index (Phi) is 7.33. The van der Waals surface area contributed by atoms with Crippen molar-refractivity contribution in [3.05, 3.63) is 75.7 Å². The number of nitrogens with one attached hydrogen (secondary N) is 1. The van der Waals surface area contributed by atoms with Crippen molar-refractivity contribution in [2.24, 2.45) is 0 Å². The third-order valence-corrected chi connectivity index (χ3v) is 7.24. The molecule has 2 heterocycles. The van der Waals surface area contributed by atoms with E-state index < -0.39 is 0 Å². The van der Waals surface area contributed by atoms with Gasteiger partial charge in [-0.3, -0.25) is 9.69 Å².